The van der Waals surface area contributed by atoms with Crippen LogP contribution in [0.25, 0.3) is 0 Å². The molecule has 19 heavy (non-hydrogen) atoms. The summed E-state index contributed by atoms with van der Waals surface area (Å²) in [7, 11) is 1.69. The molecule has 2 N–H and O–H groups in total. The minimum Gasteiger partial charge on any atom is -0.496 e. The Bertz CT molecular complexity index is 610. The first-order valence-electron chi connectivity index (χ1n) is 5.80. The first-order valence-corrected chi connectivity index (χ1v) is 8.20. The van der Waals surface area contributed by atoms with Gasteiger partial charge in [0.1, 0.15) is 5.75 Å². The summed E-state index contributed by atoms with van der Waals surface area (Å²) < 4.78 is 7.70. The Kier molecular flexibility index (Phi) is 4.71. The zero-order valence-electron chi connectivity index (χ0n) is 11.0. The Morgan fingerprint density at radius 1 is 1.26 bits per heavy atom. The van der Waals surface area contributed by atoms with Gasteiger partial charge in [0.2, 0.25) is 0 Å². The lowest BCUT2D eigenvalue weighted by atomic mass is 9.97. The lowest BCUT2D eigenvalue weighted by molar-refractivity contribution is 0.404. The van der Waals surface area contributed by atoms with E-state index in [-0.39, 0.29) is 6.04 Å². The van der Waals surface area contributed by atoms with Crippen LogP contribution >= 0.6 is 43.2 Å². The lowest BCUT2D eigenvalue weighted by Crippen LogP contribution is -2.14. The van der Waals surface area contributed by atoms with E-state index in [1.54, 1.807) is 18.4 Å². The van der Waals surface area contributed by atoms with Gasteiger partial charge in [-0.3, -0.25) is 0 Å². The van der Waals surface area contributed by atoms with E-state index in [2.05, 4.69) is 50.9 Å². The molecule has 0 aliphatic carbocycles. The molecule has 0 aliphatic heterocycles. The summed E-state index contributed by atoms with van der Waals surface area (Å²) in [6.45, 7) is 4.09. The van der Waals surface area contributed by atoms with E-state index in [9.17, 15) is 0 Å². The Balaban J connectivity index is 2.60. The molecular formula is C14H15Br2NOS. The van der Waals surface area contributed by atoms with E-state index in [0.29, 0.717) is 0 Å². The van der Waals surface area contributed by atoms with Crippen LogP contribution in [-0.4, -0.2) is 7.11 Å². The van der Waals surface area contributed by atoms with Gasteiger partial charge in [0, 0.05) is 14.9 Å². The summed E-state index contributed by atoms with van der Waals surface area (Å²) in [4.78, 5) is 1.12. The van der Waals surface area contributed by atoms with E-state index in [1.165, 1.54) is 0 Å². The maximum atomic E-state index is 6.43. The van der Waals surface area contributed by atoms with Crippen molar-refractivity contribution in [1.82, 2.24) is 0 Å². The number of hydrogen-bond donors (Lipinski definition) is 1. The molecule has 0 amide bonds. The second-order valence-corrected chi connectivity index (χ2v) is 7.72. The van der Waals surface area contributed by atoms with Gasteiger partial charge < -0.3 is 10.5 Å². The molecule has 1 aromatic carbocycles. The van der Waals surface area contributed by atoms with Crippen LogP contribution in [0.2, 0.25) is 0 Å². The van der Waals surface area contributed by atoms with Gasteiger partial charge in [0.15, 0.2) is 0 Å². The highest BCUT2D eigenvalue weighted by atomic mass is 79.9. The first-order chi connectivity index (χ1) is 8.95. The first kappa shape index (κ1) is 15.0. The molecule has 0 saturated heterocycles. The van der Waals surface area contributed by atoms with E-state index < -0.39 is 0 Å². The fraction of sp³-hybridized carbons (Fsp3) is 0.286. The molecule has 2 nitrogen and oxygen atoms in total. The largest absolute Gasteiger partial charge is 0.496 e. The number of halogens is 2. The predicted molar refractivity (Wildman–Crippen MR) is 88.2 cm³/mol. The second kappa shape index (κ2) is 5.95. The van der Waals surface area contributed by atoms with Crippen molar-refractivity contribution in [1.29, 1.82) is 0 Å². The van der Waals surface area contributed by atoms with Crippen molar-refractivity contribution in [2.45, 2.75) is 19.9 Å². The van der Waals surface area contributed by atoms with E-state index >= 15 is 0 Å². The molecule has 5 heteroatoms. The average molecular weight is 405 g/mol. The van der Waals surface area contributed by atoms with E-state index in [4.69, 9.17) is 10.5 Å². The van der Waals surface area contributed by atoms with Crippen molar-refractivity contribution in [2.24, 2.45) is 5.73 Å². The van der Waals surface area contributed by atoms with Crippen LogP contribution < -0.4 is 10.5 Å². The summed E-state index contributed by atoms with van der Waals surface area (Å²) in [5.41, 5.74) is 9.69. The van der Waals surface area contributed by atoms with Crippen LogP contribution in [0.3, 0.4) is 0 Å². The summed E-state index contributed by atoms with van der Waals surface area (Å²) in [6.07, 6.45) is 0. The van der Waals surface area contributed by atoms with Gasteiger partial charge in [-0.15, -0.1) is 11.3 Å². The summed E-state index contributed by atoms with van der Waals surface area (Å²) in [5.74, 6) is 0.873. The number of ether oxygens (including phenoxy) is 1. The van der Waals surface area contributed by atoms with Gasteiger partial charge in [0.25, 0.3) is 0 Å². The SMILES string of the molecule is COc1c(C)cc(Br)c(C)c1C(N)c1ccc(Br)s1. The number of aryl methyl sites for hydroxylation is 1. The Hall–Kier alpha value is -0.360. The summed E-state index contributed by atoms with van der Waals surface area (Å²) in [6, 6.07) is 5.96. The van der Waals surface area contributed by atoms with Gasteiger partial charge in [0.05, 0.1) is 16.9 Å². The third-order valence-corrected chi connectivity index (χ3v) is 5.65. The van der Waals surface area contributed by atoms with Gasteiger partial charge in [-0.1, -0.05) is 15.9 Å². The van der Waals surface area contributed by atoms with Crippen LogP contribution in [0.4, 0.5) is 0 Å². The third kappa shape index (κ3) is 2.89. The highest BCUT2D eigenvalue weighted by molar-refractivity contribution is 9.11. The number of methoxy groups -OCH3 is 1. The zero-order chi connectivity index (χ0) is 14.2. The maximum absolute atomic E-state index is 6.43. The molecule has 1 heterocycles. The van der Waals surface area contributed by atoms with Crippen LogP contribution in [-0.2, 0) is 0 Å². The predicted octanol–water partition coefficient (Wildman–Crippen LogP) is 4.95. The Morgan fingerprint density at radius 3 is 2.47 bits per heavy atom. The van der Waals surface area contributed by atoms with Gasteiger partial charge >= 0.3 is 0 Å². The molecule has 0 aliphatic rings. The van der Waals surface area contributed by atoms with Gasteiger partial charge in [-0.05, 0) is 59.1 Å². The Labute approximate surface area is 134 Å². The van der Waals surface area contributed by atoms with Gasteiger partial charge in [-0.25, -0.2) is 0 Å². The molecule has 1 atom stereocenters. The van der Waals surface area contributed by atoms with Crippen LogP contribution in [0, 0.1) is 13.8 Å². The quantitative estimate of drug-likeness (QED) is 0.785. The summed E-state index contributed by atoms with van der Waals surface area (Å²) in [5, 5.41) is 0. The molecule has 0 radical (unpaired) electrons. The van der Waals surface area contributed by atoms with Gasteiger partial charge in [-0.2, -0.15) is 0 Å². The lowest BCUT2D eigenvalue weighted by Gasteiger charge is -2.20. The monoisotopic (exact) mass is 403 g/mol. The van der Waals surface area contributed by atoms with Crippen molar-refractivity contribution >= 4 is 43.2 Å². The van der Waals surface area contributed by atoms with Crippen molar-refractivity contribution in [3.8, 4) is 5.75 Å². The number of rotatable bonds is 3. The number of thiophene rings is 1. The van der Waals surface area contributed by atoms with Crippen molar-refractivity contribution in [3.63, 3.8) is 0 Å². The fourth-order valence-electron chi connectivity index (χ4n) is 2.16. The van der Waals surface area contributed by atoms with Crippen molar-refractivity contribution in [3.05, 3.63) is 48.0 Å². The minimum atomic E-state index is -0.178. The number of hydrogen-bond acceptors (Lipinski definition) is 3. The molecule has 0 fully saturated rings. The van der Waals surface area contributed by atoms with Crippen molar-refractivity contribution < 1.29 is 4.74 Å². The molecule has 2 rings (SSSR count). The second-order valence-electron chi connectivity index (χ2n) is 4.37. The highest BCUT2D eigenvalue weighted by Crippen LogP contribution is 2.39. The van der Waals surface area contributed by atoms with Crippen LogP contribution in [0.1, 0.15) is 27.6 Å². The molecule has 2 aromatic rings. The molecule has 0 spiro atoms. The molecule has 1 unspecified atom stereocenters. The number of nitrogens with two attached hydrogens (primary N) is 1. The van der Waals surface area contributed by atoms with E-state index in [1.807, 2.05) is 13.0 Å². The summed E-state index contributed by atoms with van der Waals surface area (Å²) >= 11 is 8.72. The average Bonchev–Trinajstić information content (AvgIpc) is 2.79. The minimum absolute atomic E-state index is 0.178. The zero-order valence-corrected chi connectivity index (χ0v) is 14.9. The molecule has 0 bridgehead atoms. The smallest absolute Gasteiger partial charge is 0.127 e. The van der Waals surface area contributed by atoms with Crippen molar-refractivity contribution in [2.75, 3.05) is 7.11 Å². The molecule has 1 aromatic heterocycles. The van der Waals surface area contributed by atoms with Crippen LogP contribution in [0.15, 0.2) is 26.5 Å². The maximum Gasteiger partial charge on any atom is 0.127 e. The normalized spacial score (nSPS) is 12.5. The fourth-order valence-corrected chi connectivity index (χ4v) is 4.15. The third-order valence-electron chi connectivity index (χ3n) is 3.12. The number of benzene rings is 1. The standard InChI is InChI=1S/C14H15Br2NOS/c1-7-6-9(15)8(2)12(14(7)18-3)13(17)10-4-5-11(16)19-10/h4-6,13H,17H2,1-3H3. The van der Waals surface area contributed by atoms with Crippen LogP contribution in [0.5, 0.6) is 5.75 Å². The Morgan fingerprint density at radius 2 is 1.95 bits per heavy atom. The van der Waals surface area contributed by atoms with E-state index in [0.717, 1.165) is 35.6 Å². The topological polar surface area (TPSA) is 35.2 Å². The molecule has 0 saturated carbocycles. The highest BCUT2D eigenvalue weighted by Gasteiger charge is 2.21. The molecule has 102 valence electrons. The molecular weight excluding hydrogens is 390 g/mol.